The number of thiazole rings is 1. The standard InChI is InChI=1S/C9H10N2O2S/c12-7-1-3-11(4-2-7)9(13)8-5-14-6-10-8/h5-6H,1-4H2. The summed E-state index contributed by atoms with van der Waals surface area (Å²) < 4.78 is 0. The topological polar surface area (TPSA) is 50.3 Å². The molecule has 1 saturated heterocycles. The maximum absolute atomic E-state index is 11.7. The van der Waals surface area contributed by atoms with Crippen molar-refractivity contribution in [2.24, 2.45) is 0 Å². The largest absolute Gasteiger partial charge is 0.336 e. The molecule has 2 rings (SSSR count). The van der Waals surface area contributed by atoms with Crippen molar-refractivity contribution in [3.05, 3.63) is 16.6 Å². The predicted octanol–water partition coefficient (Wildman–Crippen LogP) is 0.948. The number of hydrogen-bond acceptors (Lipinski definition) is 4. The Labute approximate surface area is 85.6 Å². The van der Waals surface area contributed by atoms with E-state index in [4.69, 9.17) is 0 Å². The van der Waals surface area contributed by atoms with Gasteiger partial charge in [0.2, 0.25) is 0 Å². The summed E-state index contributed by atoms with van der Waals surface area (Å²) >= 11 is 1.41. The quantitative estimate of drug-likeness (QED) is 0.693. The molecule has 0 spiro atoms. The van der Waals surface area contributed by atoms with Crippen LogP contribution in [0.5, 0.6) is 0 Å². The summed E-state index contributed by atoms with van der Waals surface area (Å²) in [6, 6.07) is 0. The Bertz CT molecular complexity index is 338. The molecule has 1 aliphatic rings. The molecule has 0 N–H and O–H groups in total. The van der Waals surface area contributed by atoms with E-state index in [1.165, 1.54) is 11.3 Å². The zero-order chi connectivity index (χ0) is 9.97. The summed E-state index contributed by atoms with van der Waals surface area (Å²) in [4.78, 5) is 28.3. The van der Waals surface area contributed by atoms with Crippen molar-refractivity contribution in [3.8, 4) is 0 Å². The van der Waals surface area contributed by atoms with Gasteiger partial charge in [0.1, 0.15) is 11.5 Å². The van der Waals surface area contributed by atoms with Crippen LogP contribution in [0.3, 0.4) is 0 Å². The van der Waals surface area contributed by atoms with Gasteiger partial charge in [-0.15, -0.1) is 11.3 Å². The number of hydrogen-bond donors (Lipinski definition) is 0. The van der Waals surface area contributed by atoms with E-state index in [1.54, 1.807) is 15.8 Å². The summed E-state index contributed by atoms with van der Waals surface area (Å²) in [6.45, 7) is 1.07. The minimum atomic E-state index is -0.0567. The Kier molecular flexibility index (Phi) is 2.58. The van der Waals surface area contributed by atoms with E-state index < -0.39 is 0 Å². The van der Waals surface area contributed by atoms with E-state index >= 15 is 0 Å². The van der Waals surface area contributed by atoms with E-state index in [9.17, 15) is 9.59 Å². The molecule has 14 heavy (non-hydrogen) atoms. The lowest BCUT2D eigenvalue weighted by atomic mass is 10.1. The Morgan fingerprint density at radius 1 is 1.43 bits per heavy atom. The van der Waals surface area contributed by atoms with E-state index in [0.717, 1.165) is 0 Å². The number of carbonyl (C=O) groups is 2. The third-order valence-electron chi connectivity index (χ3n) is 2.26. The van der Waals surface area contributed by atoms with Gasteiger partial charge in [0.05, 0.1) is 5.51 Å². The molecule has 2 heterocycles. The molecule has 74 valence electrons. The normalized spacial score (nSPS) is 17.1. The first kappa shape index (κ1) is 9.33. The summed E-state index contributed by atoms with van der Waals surface area (Å²) in [7, 11) is 0. The summed E-state index contributed by atoms with van der Waals surface area (Å²) in [5.74, 6) is 0.186. The molecular weight excluding hydrogens is 200 g/mol. The Balaban J connectivity index is 2.03. The molecule has 0 aliphatic carbocycles. The number of carbonyl (C=O) groups excluding carboxylic acids is 2. The van der Waals surface area contributed by atoms with Gasteiger partial charge in [0.15, 0.2) is 0 Å². The first-order valence-corrected chi connectivity index (χ1v) is 5.41. The number of amides is 1. The fraction of sp³-hybridized carbons (Fsp3) is 0.444. The molecule has 1 aromatic heterocycles. The van der Waals surface area contributed by atoms with Crippen LogP contribution in [-0.2, 0) is 4.79 Å². The monoisotopic (exact) mass is 210 g/mol. The molecule has 0 atom stereocenters. The average Bonchev–Trinajstić information content (AvgIpc) is 2.71. The lowest BCUT2D eigenvalue weighted by molar-refractivity contribution is -0.120. The van der Waals surface area contributed by atoms with Crippen LogP contribution in [0.4, 0.5) is 0 Å². The predicted molar refractivity (Wildman–Crippen MR) is 52.3 cm³/mol. The van der Waals surface area contributed by atoms with Crippen LogP contribution in [-0.4, -0.2) is 34.7 Å². The molecule has 0 bridgehead atoms. The van der Waals surface area contributed by atoms with Gasteiger partial charge in [-0.05, 0) is 0 Å². The van der Waals surface area contributed by atoms with Crippen molar-refractivity contribution >= 4 is 23.0 Å². The molecule has 1 aliphatic heterocycles. The number of nitrogens with zero attached hydrogens (tertiary/aromatic N) is 2. The average molecular weight is 210 g/mol. The van der Waals surface area contributed by atoms with Gasteiger partial charge in [0.25, 0.3) is 5.91 Å². The lowest BCUT2D eigenvalue weighted by Crippen LogP contribution is -2.38. The fourth-order valence-electron chi connectivity index (χ4n) is 1.44. The van der Waals surface area contributed by atoms with Crippen LogP contribution in [0, 0.1) is 0 Å². The van der Waals surface area contributed by atoms with Crippen molar-refractivity contribution < 1.29 is 9.59 Å². The van der Waals surface area contributed by atoms with E-state index in [0.29, 0.717) is 31.6 Å². The Morgan fingerprint density at radius 3 is 2.71 bits per heavy atom. The zero-order valence-corrected chi connectivity index (χ0v) is 8.42. The van der Waals surface area contributed by atoms with Gasteiger partial charge in [-0.3, -0.25) is 9.59 Å². The van der Waals surface area contributed by atoms with E-state index in [2.05, 4.69) is 4.98 Å². The van der Waals surface area contributed by atoms with Crippen molar-refractivity contribution in [1.82, 2.24) is 9.88 Å². The van der Waals surface area contributed by atoms with Gasteiger partial charge in [-0.2, -0.15) is 0 Å². The highest BCUT2D eigenvalue weighted by atomic mass is 32.1. The smallest absolute Gasteiger partial charge is 0.273 e. The van der Waals surface area contributed by atoms with Gasteiger partial charge < -0.3 is 4.90 Å². The molecule has 1 aromatic rings. The van der Waals surface area contributed by atoms with Crippen LogP contribution in [0.15, 0.2) is 10.9 Å². The Morgan fingerprint density at radius 2 is 2.14 bits per heavy atom. The molecular formula is C9H10N2O2S. The van der Waals surface area contributed by atoms with Gasteiger partial charge in [0, 0.05) is 31.3 Å². The van der Waals surface area contributed by atoms with Crippen LogP contribution in [0.2, 0.25) is 0 Å². The first-order chi connectivity index (χ1) is 6.77. The molecule has 1 fully saturated rings. The van der Waals surface area contributed by atoms with Gasteiger partial charge >= 0.3 is 0 Å². The number of Topliss-reactive ketones (excluding diaryl/α,β-unsaturated/α-hetero) is 1. The molecule has 0 saturated carbocycles. The highest BCUT2D eigenvalue weighted by Gasteiger charge is 2.22. The van der Waals surface area contributed by atoms with Gasteiger partial charge in [-0.1, -0.05) is 0 Å². The Hall–Kier alpha value is -1.23. The molecule has 4 nitrogen and oxygen atoms in total. The molecule has 5 heteroatoms. The minimum absolute atomic E-state index is 0.0567. The third-order valence-corrected chi connectivity index (χ3v) is 2.85. The van der Waals surface area contributed by atoms with Crippen LogP contribution < -0.4 is 0 Å². The summed E-state index contributed by atoms with van der Waals surface area (Å²) in [6.07, 6.45) is 0.964. The second-order valence-electron chi connectivity index (χ2n) is 3.20. The zero-order valence-electron chi connectivity index (χ0n) is 7.60. The van der Waals surface area contributed by atoms with Crippen molar-refractivity contribution in [3.63, 3.8) is 0 Å². The highest BCUT2D eigenvalue weighted by molar-refractivity contribution is 7.07. The molecule has 1 amide bonds. The number of likely N-dealkylation sites (tertiary alicyclic amines) is 1. The van der Waals surface area contributed by atoms with Crippen molar-refractivity contribution in [2.45, 2.75) is 12.8 Å². The van der Waals surface area contributed by atoms with Crippen LogP contribution in [0.25, 0.3) is 0 Å². The fourth-order valence-corrected chi connectivity index (χ4v) is 1.97. The van der Waals surface area contributed by atoms with Crippen LogP contribution in [0.1, 0.15) is 23.3 Å². The maximum Gasteiger partial charge on any atom is 0.273 e. The maximum atomic E-state index is 11.7. The number of aromatic nitrogens is 1. The third kappa shape index (κ3) is 1.82. The van der Waals surface area contributed by atoms with Crippen molar-refractivity contribution in [1.29, 1.82) is 0 Å². The van der Waals surface area contributed by atoms with E-state index in [1.807, 2.05) is 0 Å². The second-order valence-corrected chi connectivity index (χ2v) is 3.92. The summed E-state index contributed by atoms with van der Waals surface area (Å²) in [5, 5.41) is 1.73. The highest BCUT2D eigenvalue weighted by Crippen LogP contribution is 2.11. The number of piperidine rings is 1. The number of ketones is 1. The molecule has 0 radical (unpaired) electrons. The molecule has 0 aromatic carbocycles. The first-order valence-electron chi connectivity index (χ1n) is 4.46. The van der Waals surface area contributed by atoms with Crippen LogP contribution >= 0.6 is 11.3 Å². The minimum Gasteiger partial charge on any atom is -0.336 e. The summed E-state index contributed by atoms with van der Waals surface area (Å²) in [5.41, 5.74) is 2.13. The van der Waals surface area contributed by atoms with Gasteiger partial charge in [-0.25, -0.2) is 4.98 Å². The lowest BCUT2D eigenvalue weighted by Gasteiger charge is -2.25. The number of rotatable bonds is 1. The SMILES string of the molecule is O=C1CCN(C(=O)c2cscn2)CC1. The molecule has 0 unspecified atom stereocenters. The van der Waals surface area contributed by atoms with Crippen molar-refractivity contribution in [2.75, 3.05) is 13.1 Å². The van der Waals surface area contributed by atoms with E-state index in [-0.39, 0.29) is 11.7 Å². The second kappa shape index (κ2) is 3.88.